The summed E-state index contributed by atoms with van der Waals surface area (Å²) in [5.74, 6) is -0.693. The van der Waals surface area contributed by atoms with E-state index < -0.39 is 0 Å². The number of Topliss-reactive ketones (excluding diaryl/α,β-unsaturated/α-hetero) is 1. The standard InChI is InChI=1S/C15H25N3O4/c1-10(2)18-9-12(8-14(18)21)15(22)17-7-6-16-13(20)5-4-11(3)19/h10,12H,4-9H2,1-3H3,(H,16,20)(H,17,22). The lowest BCUT2D eigenvalue weighted by Crippen LogP contribution is -2.39. The van der Waals surface area contributed by atoms with Crippen LogP contribution in [0.15, 0.2) is 0 Å². The molecule has 1 atom stereocenters. The van der Waals surface area contributed by atoms with Crippen LogP contribution < -0.4 is 10.6 Å². The average molecular weight is 311 g/mol. The zero-order chi connectivity index (χ0) is 16.7. The van der Waals surface area contributed by atoms with Gasteiger partial charge in [0.1, 0.15) is 5.78 Å². The maximum atomic E-state index is 12.0. The predicted octanol–water partition coefficient (Wildman–Crippen LogP) is -0.155. The minimum Gasteiger partial charge on any atom is -0.354 e. The van der Waals surface area contributed by atoms with Gasteiger partial charge in [0.05, 0.1) is 5.92 Å². The smallest absolute Gasteiger partial charge is 0.225 e. The van der Waals surface area contributed by atoms with E-state index in [4.69, 9.17) is 0 Å². The van der Waals surface area contributed by atoms with Crippen molar-refractivity contribution in [2.24, 2.45) is 5.92 Å². The van der Waals surface area contributed by atoms with Crippen LogP contribution in [-0.4, -0.2) is 54.1 Å². The third kappa shape index (κ3) is 5.83. The molecule has 1 unspecified atom stereocenters. The van der Waals surface area contributed by atoms with Crippen LogP contribution >= 0.6 is 0 Å². The predicted molar refractivity (Wildman–Crippen MR) is 80.9 cm³/mol. The molecule has 1 saturated heterocycles. The van der Waals surface area contributed by atoms with Crippen LogP contribution in [0.5, 0.6) is 0 Å². The van der Waals surface area contributed by atoms with Gasteiger partial charge < -0.3 is 20.3 Å². The fourth-order valence-electron chi connectivity index (χ4n) is 2.32. The highest BCUT2D eigenvalue weighted by Gasteiger charge is 2.35. The van der Waals surface area contributed by atoms with Gasteiger partial charge in [0.2, 0.25) is 17.7 Å². The Labute approximate surface area is 130 Å². The molecule has 0 bridgehead atoms. The highest BCUT2D eigenvalue weighted by atomic mass is 16.2. The fourth-order valence-corrected chi connectivity index (χ4v) is 2.32. The van der Waals surface area contributed by atoms with Gasteiger partial charge >= 0.3 is 0 Å². The summed E-state index contributed by atoms with van der Waals surface area (Å²) in [6.07, 6.45) is 0.645. The van der Waals surface area contributed by atoms with Crippen LogP contribution in [0.4, 0.5) is 0 Å². The van der Waals surface area contributed by atoms with Crippen molar-refractivity contribution in [1.82, 2.24) is 15.5 Å². The molecule has 0 aromatic carbocycles. The van der Waals surface area contributed by atoms with Crippen LogP contribution in [0.2, 0.25) is 0 Å². The Balaban J connectivity index is 2.20. The normalized spacial score (nSPS) is 17.7. The van der Waals surface area contributed by atoms with E-state index in [1.54, 1.807) is 4.90 Å². The number of ketones is 1. The van der Waals surface area contributed by atoms with Crippen molar-refractivity contribution >= 4 is 23.5 Å². The summed E-state index contributed by atoms with van der Waals surface area (Å²) in [6.45, 7) is 6.38. The SMILES string of the molecule is CC(=O)CCC(=O)NCCNC(=O)C1CC(=O)N(C(C)C)C1. The molecule has 7 heteroatoms. The van der Waals surface area contributed by atoms with Crippen molar-refractivity contribution in [3.05, 3.63) is 0 Å². The molecule has 1 fully saturated rings. The number of likely N-dealkylation sites (tertiary alicyclic amines) is 1. The molecule has 0 spiro atoms. The Kier molecular flexibility index (Phi) is 7.01. The summed E-state index contributed by atoms with van der Waals surface area (Å²) < 4.78 is 0. The van der Waals surface area contributed by atoms with Crippen LogP contribution in [0.3, 0.4) is 0 Å². The Morgan fingerprint density at radius 1 is 1.18 bits per heavy atom. The second-order valence-corrected chi connectivity index (χ2v) is 5.88. The molecular formula is C15H25N3O4. The number of carbonyl (C=O) groups is 4. The van der Waals surface area contributed by atoms with Crippen molar-refractivity contribution in [3.8, 4) is 0 Å². The van der Waals surface area contributed by atoms with Crippen molar-refractivity contribution in [2.75, 3.05) is 19.6 Å². The van der Waals surface area contributed by atoms with Gasteiger partial charge in [0.15, 0.2) is 0 Å². The molecule has 1 rings (SSSR count). The average Bonchev–Trinajstić information content (AvgIpc) is 2.83. The highest BCUT2D eigenvalue weighted by molar-refractivity contribution is 5.89. The molecule has 2 N–H and O–H groups in total. The minimum absolute atomic E-state index is 0.00712. The summed E-state index contributed by atoms with van der Waals surface area (Å²) in [6, 6.07) is 0.103. The van der Waals surface area contributed by atoms with Crippen LogP contribution in [0, 0.1) is 5.92 Å². The van der Waals surface area contributed by atoms with E-state index in [2.05, 4.69) is 10.6 Å². The zero-order valence-corrected chi connectivity index (χ0v) is 13.5. The van der Waals surface area contributed by atoms with Crippen molar-refractivity contribution < 1.29 is 19.2 Å². The first-order valence-electron chi connectivity index (χ1n) is 7.64. The molecule has 0 aromatic rings. The number of amides is 3. The molecule has 124 valence electrons. The maximum absolute atomic E-state index is 12.0. The van der Waals surface area contributed by atoms with Crippen molar-refractivity contribution in [3.63, 3.8) is 0 Å². The molecule has 0 saturated carbocycles. The summed E-state index contributed by atoms with van der Waals surface area (Å²) in [5, 5.41) is 5.36. The van der Waals surface area contributed by atoms with Gasteiger partial charge in [-0.1, -0.05) is 0 Å². The first-order valence-corrected chi connectivity index (χ1v) is 7.64. The lowest BCUT2D eigenvalue weighted by molar-refractivity contribution is -0.129. The molecule has 1 aliphatic rings. The Morgan fingerprint density at radius 3 is 2.36 bits per heavy atom. The second-order valence-electron chi connectivity index (χ2n) is 5.88. The first kappa shape index (κ1) is 18.1. The zero-order valence-electron chi connectivity index (χ0n) is 13.5. The third-order valence-electron chi connectivity index (χ3n) is 3.60. The maximum Gasteiger partial charge on any atom is 0.225 e. The number of nitrogens with one attached hydrogen (secondary N) is 2. The minimum atomic E-state index is -0.316. The lowest BCUT2D eigenvalue weighted by atomic mass is 10.1. The largest absolute Gasteiger partial charge is 0.354 e. The van der Waals surface area contributed by atoms with Crippen LogP contribution in [-0.2, 0) is 19.2 Å². The van der Waals surface area contributed by atoms with E-state index >= 15 is 0 Å². The number of carbonyl (C=O) groups excluding carboxylic acids is 4. The molecule has 0 aromatic heterocycles. The van der Waals surface area contributed by atoms with E-state index in [9.17, 15) is 19.2 Å². The van der Waals surface area contributed by atoms with Crippen molar-refractivity contribution in [2.45, 2.75) is 46.1 Å². The topological polar surface area (TPSA) is 95.6 Å². The molecule has 1 aliphatic heterocycles. The number of hydrogen-bond donors (Lipinski definition) is 2. The van der Waals surface area contributed by atoms with E-state index in [1.807, 2.05) is 13.8 Å². The molecule has 7 nitrogen and oxygen atoms in total. The second kappa shape index (κ2) is 8.51. The van der Waals surface area contributed by atoms with Crippen molar-refractivity contribution in [1.29, 1.82) is 0 Å². The quantitative estimate of drug-likeness (QED) is 0.609. The molecule has 0 radical (unpaired) electrons. The molecular weight excluding hydrogens is 286 g/mol. The first-order chi connectivity index (χ1) is 10.3. The van der Waals surface area contributed by atoms with E-state index in [1.165, 1.54) is 6.92 Å². The Bertz CT molecular complexity index is 448. The van der Waals surface area contributed by atoms with Gasteiger partial charge in [-0.2, -0.15) is 0 Å². The fraction of sp³-hybridized carbons (Fsp3) is 0.733. The number of nitrogens with zero attached hydrogens (tertiary/aromatic N) is 1. The molecule has 0 aliphatic carbocycles. The van der Waals surface area contributed by atoms with E-state index in [-0.39, 0.29) is 54.7 Å². The summed E-state index contributed by atoms with van der Waals surface area (Å²) >= 11 is 0. The summed E-state index contributed by atoms with van der Waals surface area (Å²) in [4.78, 5) is 47.5. The van der Waals surface area contributed by atoms with E-state index in [0.29, 0.717) is 19.6 Å². The van der Waals surface area contributed by atoms with Gasteiger partial charge in [0.25, 0.3) is 0 Å². The number of hydrogen-bond acceptors (Lipinski definition) is 4. The van der Waals surface area contributed by atoms with Gasteiger partial charge in [-0.3, -0.25) is 14.4 Å². The van der Waals surface area contributed by atoms with Crippen LogP contribution in [0.1, 0.15) is 40.0 Å². The van der Waals surface area contributed by atoms with E-state index in [0.717, 1.165) is 0 Å². The lowest BCUT2D eigenvalue weighted by Gasteiger charge is -2.20. The van der Waals surface area contributed by atoms with Crippen LogP contribution in [0.25, 0.3) is 0 Å². The van der Waals surface area contributed by atoms with Gasteiger partial charge in [0, 0.05) is 44.9 Å². The summed E-state index contributed by atoms with van der Waals surface area (Å²) in [7, 11) is 0. The highest BCUT2D eigenvalue weighted by Crippen LogP contribution is 2.19. The van der Waals surface area contributed by atoms with Gasteiger partial charge in [-0.05, 0) is 20.8 Å². The summed E-state index contributed by atoms with van der Waals surface area (Å²) in [5.41, 5.74) is 0. The Hall–Kier alpha value is -1.92. The van der Waals surface area contributed by atoms with Gasteiger partial charge in [-0.15, -0.1) is 0 Å². The van der Waals surface area contributed by atoms with Gasteiger partial charge in [-0.25, -0.2) is 0 Å². The number of rotatable bonds is 8. The molecule has 1 heterocycles. The Morgan fingerprint density at radius 2 is 1.82 bits per heavy atom. The third-order valence-corrected chi connectivity index (χ3v) is 3.60. The molecule has 3 amide bonds. The monoisotopic (exact) mass is 311 g/mol. The molecule has 22 heavy (non-hydrogen) atoms.